The zero-order valence-corrected chi connectivity index (χ0v) is 12.7. The molecule has 1 rings (SSSR count). The van der Waals surface area contributed by atoms with Crippen LogP contribution in [0.3, 0.4) is 0 Å². The second kappa shape index (κ2) is 7.58. The molecule has 1 aromatic carbocycles. The molecule has 1 aromatic rings. The zero-order valence-electron chi connectivity index (χ0n) is 11.1. The van der Waals surface area contributed by atoms with Gasteiger partial charge in [-0.1, -0.05) is 22.0 Å². The van der Waals surface area contributed by atoms with Crippen LogP contribution in [0.1, 0.15) is 25.8 Å². The number of nitrogens with zero attached hydrogens (tertiary/aromatic N) is 1. The highest BCUT2D eigenvalue weighted by Gasteiger charge is 2.17. The molecule has 0 spiro atoms. The average molecular weight is 334 g/mol. The van der Waals surface area contributed by atoms with Crippen LogP contribution in [0.25, 0.3) is 0 Å². The predicted molar refractivity (Wildman–Crippen MR) is 75.3 cm³/mol. The highest BCUT2D eigenvalue weighted by Crippen LogP contribution is 2.12. The fourth-order valence-corrected chi connectivity index (χ4v) is 2.08. The lowest BCUT2D eigenvalue weighted by Crippen LogP contribution is -2.38. The number of benzene rings is 1. The van der Waals surface area contributed by atoms with Gasteiger partial charge in [-0.3, -0.25) is 4.79 Å². The van der Waals surface area contributed by atoms with E-state index in [0.717, 1.165) is 23.9 Å². The van der Waals surface area contributed by atoms with Crippen molar-refractivity contribution in [1.29, 1.82) is 0 Å². The average Bonchev–Trinajstić information content (AvgIpc) is 2.34. The van der Waals surface area contributed by atoms with Crippen LogP contribution in [0.5, 0.6) is 0 Å². The van der Waals surface area contributed by atoms with Crippen LogP contribution in [-0.2, 0) is 11.2 Å². The lowest BCUT2D eigenvalue weighted by molar-refractivity contribution is -0.132. The van der Waals surface area contributed by atoms with Crippen molar-refractivity contribution in [2.45, 2.75) is 32.7 Å². The quantitative estimate of drug-likeness (QED) is 0.729. The highest BCUT2D eigenvalue weighted by atomic mass is 79.9. The Labute approximate surface area is 120 Å². The molecule has 0 saturated carbocycles. The summed E-state index contributed by atoms with van der Waals surface area (Å²) in [5, 5.41) is 0.828. The van der Waals surface area contributed by atoms with E-state index in [4.69, 9.17) is 0 Å². The van der Waals surface area contributed by atoms with Gasteiger partial charge in [0.1, 0.15) is 0 Å². The summed E-state index contributed by atoms with van der Waals surface area (Å²) in [4.78, 5) is 13.9. The molecule has 19 heavy (non-hydrogen) atoms. The molecule has 0 fully saturated rings. The molecular formula is C14H18BrF2NO. The van der Waals surface area contributed by atoms with Crippen LogP contribution in [-0.4, -0.2) is 28.7 Å². The number of carbonyl (C=O) groups is 1. The van der Waals surface area contributed by atoms with E-state index in [2.05, 4.69) is 15.9 Å². The molecule has 0 aliphatic rings. The van der Waals surface area contributed by atoms with E-state index in [9.17, 15) is 13.6 Å². The van der Waals surface area contributed by atoms with Crippen molar-refractivity contribution in [2.24, 2.45) is 0 Å². The second-order valence-corrected chi connectivity index (χ2v) is 5.44. The van der Waals surface area contributed by atoms with Crippen molar-refractivity contribution >= 4 is 21.8 Å². The number of amides is 1. The summed E-state index contributed by atoms with van der Waals surface area (Å²) in [6.07, 6.45) is 0.958. The number of rotatable bonds is 6. The van der Waals surface area contributed by atoms with Gasteiger partial charge in [-0.2, -0.15) is 0 Å². The Morgan fingerprint density at radius 3 is 2.53 bits per heavy atom. The Bertz CT molecular complexity index is 437. The summed E-state index contributed by atoms with van der Waals surface area (Å²) in [5.74, 6) is -1.87. The van der Waals surface area contributed by atoms with Crippen molar-refractivity contribution < 1.29 is 13.6 Å². The zero-order chi connectivity index (χ0) is 14.4. The largest absolute Gasteiger partial charge is 0.340 e. The molecular weight excluding hydrogens is 316 g/mol. The van der Waals surface area contributed by atoms with Crippen LogP contribution in [0, 0.1) is 11.6 Å². The minimum absolute atomic E-state index is 0.0676. The fourth-order valence-electron chi connectivity index (χ4n) is 1.83. The van der Waals surface area contributed by atoms with Crippen molar-refractivity contribution in [2.75, 3.05) is 11.9 Å². The minimum atomic E-state index is -0.915. The van der Waals surface area contributed by atoms with Gasteiger partial charge in [0.25, 0.3) is 0 Å². The molecule has 0 aliphatic heterocycles. The van der Waals surface area contributed by atoms with E-state index in [0.29, 0.717) is 12.1 Å². The Balaban J connectivity index is 2.72. The van der Waals surface area contributed by atoms with E-state index in [-0.39, 0.29) is 18.4 Å². The van der Waals surface area contributed by atoms with Crippen molar-refractivity contribution in [3.63, 3.8) is 0 Å². The summed E-state index contributed by atoms with van der Waals surface area (Å²) in [5.41, 5.74) is 0.494. The van der Waals surface area contributed by atoms with Gasteiger partial charge in [-0.15, -0.1) is 0 Å². The smallest absolute Gasteiger partial charge is 0.227 e. The highest BCUT2D eigenvalue weighted by molar-refractivity contribution is 9.09. The molecule has 0 heterocycles. The van der Waals surface area contributed by atoms with Gasteiger partial charge in [0, 0.05) is 17.9 Å². The topological polar surface area (TPSA) is 20.3 Å². The van der Waals surface area contributed by atoms with Crippen LogP contribution in [0.4, 0.5) is 8.78 Å². The minimum Gasteiger partial charge on any atom is -0.340 e. The molecule has 1 amide bonds. The standard InChI is InChI=1S/C14H18BrF2NO/c1-10(2)18(7-3-6-15)14(19)9-11-4-5-12(16)13(17)8-11/h4-5,8,10H,3,6-7,9H2,1-2H3. The van der Waals surface area contributed by atoms with Crippen molar-refractivity contribution in [3.05, 3.63) is 35.4 Å². The van der Waals surface area contributed by atoms with Gasteiger partial charge in [0.05, 0.1) is 6.42 Å². The Hall–Kier alpha value is -0.970. The maximum absolute atomic E-state index is 13.1. The number of hydrogen-bond acceptors (Lipinski definition) is 1. The summed E-state index contributed by atoms with van der Waals surface area (Å²) < 4.78 is 25.9. The molecule has 0 aliphatic carbocycles. The third kappa shape index (κ3) is 4.90. The molecule has 106 valence electrons. The van der Waals surface area contributed by atoms with Crippen LogP contribution < -0.4 is 0 Å². The molecule has 0 saturated heterocycles. The third-order valence-electron chi connectivity index (χ3n) is 2.82. The summed E-state index contributed by atoms with van der Waals surface area (Å²) in [6, 6.07) is 3.67. The first-order valence-electron chi connectivity index (χ1n) is 6.25. The normalized spacial score (nSPS) is 10.8. The summed E-state index contributed by atoms with van der Waals surface area (Å²) in [6.45, 7) is 4.54. The number of carbonyl (C=O) groups excluding carboxylic acids is 1. The monoisotopic (exact) mass is 333 g/mol. The Morgan fingerprint density at radius 2 is 2.00 bits per heavy atom. The maximum Gasteiger partial charge on any atom is 0.227 e. The molecule has 0 aromatic heterocycles. The summed E-state index contributed by atoms with van der Waals surface area (Å²) >= 11 is 3.33. The maximum atomic E-state index is 13.1. The first kappa shape index (κ1) is 16.1. The molecule has 0 N–H and O–H groups in total. The molecule has 0 unspecified atom stereocenters. The van der Waals surface area contributed by atoms with Gasteiger partial charge in [0.15, 0.2) is 11.6 Å². The van der Waals surface area contributed by atoms with E-state index >= 15 is 0 Å². The molecule has 0 radical (unpaired) electrons. The SMILES string of the molecule is CC(C)N(CCCBr)C(=O)Cc1ccc(F)c(F)c1. The first-order valence-corrected chi connectivity index (χ1v) is 7.37. The van der Waals surface area contributed by atoms with Crippen LogP contribution >= 0.6 is 15.9 Å². The van der Waals surface area contributed by atoms with E-state index in [1.54, 1.807) is 4.90 Å². The lowest BCUT2D eigenvalue weighted by Gasteiger charge is -2.26. The lowest BCUT2D eigenvalue weighted by atomic mass is 10.1. The molecule has 5 heteroatoms. The number of alkyl halides is 1. The predicted octanol–water partition coefficient (Wildman–Crippen LogP) is 3.53. The Kier molecular flexibility index (Phi) is 6.42. The van der Waals surface area contributed by atoms with E-state index < -0.39 is 11.6 Å². The van der Waals surface area contributed by atoms with Gasteiger partial charge in [-0.25, -0.2) is 8.78 Å². The molecule has 0 atom stereocenters. The van der Waals surface area contributed by atoms with E-state index in [1.807, 2.05) is 13.8 Å². The third-order valence-corrected chi connectivity index (χ3v) is 3.38. The first-order chi connectivity index (χ1) is 8.95. The fraction of sp³-hybridized carbons (Fsp3) is 0.500. The molecule has 0 bridgehead atoms. The van der Waals surface area contributed by atoms with Crippen molar-refractivity contribution in [3.8, 4) is 0 Å². The number of hydrogen-bond donors (Lipinski definition) is 0. The number of halogens is 3. The van der Waals surface area contributed by atoms with Gasteiger partial charge in [-0.05, 0) is 38.0 Å². The van der Waals surface area contributed by atoms with Gasteiger partial charge < -0.3 is 4.90 Å². The summed E-state index contributed by atoms with van der Waals surface area (Å²) in [7, 11) is 0. The van der Waals surface area contributed by atoms with Gasteiger partial charge in [0.2, 0.25) is 5.91 Å². The van der Waals surface area contributed by atoms with E-state index in [1.165, 1.54) is 6.07 Å². The Morgan fingerprint density at radius 1 is 1.32 bits per heavy atom. The van der Waals surface area contributed by atoms with Crippen molar-refractivity contribution in [1.82, 2.24) is 4.90 Å². The van der Waals surface area contributed by atoms with Crippen LogP contribution in [0.15, 0.2) is 18.2 Å². The van der Waals surface area contributed by atoms with Crippen LogP contribution in [0.2, 0.25) is 0 Å². The second-order valence-electron chi connectivity index (χ2n) is 4.65. The van der Waals surface area contributed by atoms with Gasteiger partial charge >= 0.3 is 0 Å². The molecule has 2 nitrogen and oxygen atoms in total.